The van der Waals surface area contributed by atoms with Crippen LogP contribution < -0.4 is 10.2 Å². The van der Waals surface area contributed by atoms with E-state index < -0.39 is 17.7 Å². The summed E-state index contributed by atoms with van der Waals surface area (Å²) in [5.74, 6) is 0.0628. The first kappa shape index (κ1) is 18.9. The number of benzene rings is 1. The maximum Gasteiger partial charge on any atom is 0.418 e. The van der Waals surface area contributed by atoms with E-state index in [0.717, 1.165) is 6.07 Å². The van der Waals surface area contributed by atoms with Crippen molar-refractivity contribution in [1.29, 1.82) is 0 Å². The van der Waals surface area contributed by atoms with Crippen LogP contribution in [0.25, 0.3) is 0 Å². The fourth-order valence-electron chi connectivity index (χ4n) is 3.11. The third-order valence-electron chi connectivity index (χ3n) is 4.49. The van der Waals surface area contributed by atoms with Crippen LogP contribution in [0, 0.1) is 12.8 Å². The molecule has 2 heterocycles. The summed E-state index contributed by atoms with van der Waals surface area (Å²) in [4.78, 5) is 21.5. The Labute approximate surface area is 154 Å². The van der Waals surface area contributed by atoms with Gasteiger partial charge >= 0.3 is 12.1 Å². The van der Waals surface area contributed by atoms with Gasteiger partial charge in [0, 0.05) is 19.2 Å². The van der Waals surface area contributed by atoms with E-state index in [9.17, 15) is 18.0 Å². The monoisotopic (exact) mass is 380 g/mol. The molecule has 0 spiro atoms. The van der Waals surface area contributed by atoms with Crippen molar-refractivity contribution in [2.24, 2.45) is 5.92 Å². The molecule has 2 aromatic rings. The lowest BCUT2D eigenvalue weighted by Gasteiger charge is -2.31. The topological polar surface area (TPSA) is 78.4 Å². The molecule has 1 saturated heterocycles. The molecule has 1 aliphatic heterocycles. The molecule has 144 valence electrons. The second kappa shape index (κ2) is 7.42. The van der Waals surface area contributed by atoms with Gasteiger partial charge in [-0.3, -0.25) is 4.79 Å². The van der Waals surface area contributed by atoms with E-state index in [-0.39, 0.29) is 17.4 Å². The normalized spacial score (nSPS) is 15.6. The SMILES string of the molecule is Cc1nc(Nc2ccccc2C(F)(F)F)cc(N2CCC(C(=O)O)CC2)n1. The number of hydrogen-bond acceptors (Lipinski definition) is 5. The number of carboxylic acid groups (broad SMARTS) is 1. The van der Waals surface area contributed by atoms with Crippen LogP contribution in [0.15, 0.2) is 30.3 Å². The Hall–Kier alpha value is -2.84. The number of piperidine rings is 1. The summed E-state index contributed by atoms with van der Waals surface area (Å²) in [5, 5.41) is 11.8. The zero-order valence-corrected chi connectivity index (χ0v) is 14.6. The minimum absolute atomic E-state index is 0.0846. The molecule has 0 unspecified atom stereocenters. The highest BCUT2D eigenvalue weighted by atomic mass is 19.4. The zero-order valence-electron chi connectivity index (χ0n) is 14.6. The molecular weight excluding hydrogens is 361 g/mol. The number of anilines is 3. The van der Waals surface area contributed by atoms with Crippen LogP contribution in [0.3, 0.4) is 0 Å². The van der Waals surface area contributed by atoms with Crippen LogP contribution in [0.5, 0.6) is 0 Å². The Balaban J connectivity index is 1.82. The van der Waals surface area contributed by atoms with Crippen molar-refractivity contribution < 1.29 is 23.1 Å². The van der Waals surface area contributed by atoms with Crippen molar-refractivity contribution in [3.8, 4) is 0 Å². The Morgan fingerprint density at radius 3 is 2.52 bits per heavy atom. The van der Waals surface area contributed by atoms with Crippen molar-refractivity contribution >= 4 is 23.3 Å². The zero-order chi connectivity index (χ0) is 19.6. The lowest BCUT2D eigenvalue weighted by atomic mass is 9.97. The Morgan fingerprint density at radius 1 is 1.22 bits per heavy atom. The lowest BCUT2D eigenvalue weighted by Crippen LogP contribution is -2.36. The maximum absolute atomic E-state index is 13.2. The number of nitrogens with one attached hydrogen (secondary N) is 1. The van der Waals surface area contributed by atoms with Gasteiger partial charge in [0.05, 0.1) is 17.2 Å². The molecule has 0 atom stereocenters. The van der Waals surface area contributed by atoms with Crippen LogP contribution in [-0.4, -0.2) is 34.1 Å². The number of para-hydroxylation sites is 1. The van der Waals surface area contributed by atoms with Gasteiger partial charge in [-0.2, -0.15) is 13.2 Å². The van der Waals surface area contributed by atoms with Crippen LogP contribution in [0.1, 0.15) is 24.2 Å². The molecule has 0 bridgehead atoms. The van der Waals surface area contributed by atoms with E-state index in [0.29, 0.717) is 37.6 Å². The van der Waals surface area contributed by atoms with Crippen LogP contribution in [-0.2, 0) is 11.0 Å². The largest absolute Gasteiger partial charge is 0.481 e. The van der Waals surface area contributed by atoms with Gasteiger partial charge in [0.2, 0.25) is 0 Å². The van der Waals surface area contributed by atoms with Crippen molar-refractivity contribution in [2.75, 3.05) is 23.3 Å². The summed E-state index contributed by atoms with van der Waals surface area (Å²) >= 11 is 0. The molecule has 0 aliphatic carbocycles. The summed E-state index contributed by atoms with van der Waals surface area (Å²) in [5.41, 5.74) is -0.858. The number of hydrogen-bond donors (Lipinski definition) is 2. The fourth-order valence-corrected chi connectivity index (χ4v) is 3.11. The van der Waals surface area contributed by atoms with Crippen molar-refractivity contribution in [3.05, 3.63) is 41.7 Å². The number of alkyl halides is 3. The van der Waals surface area contributed by atoms with Gasteiger partial charge in [0.25, 0.3) is 0 Å². The average Bonchev–Trinajstić information content (AvgIpc) is 2.61. The first-order valence-electron chi connectivity index (χ1n) is 8.51. The molecule has 2 N–H and O–H groups in total. The van der Waals surface area contributed by atoms with Gasteiger partial charge in [-0.15, -0.1) is 0 Å². The number of rotatable bonds is 4. The van der Waals surface area contributed by atoms with Gasteiger partial charge in [-0.1, -0.05) is 12.1 Å². The predicted molar refractivity (Wildman–Crippen MR) is 94.1 cm³/mol. The number of carbonyl (C=O) groups is 1. The predicted octanol–water partition coefficient (Wildman–Crippen LogP) is 3.85. The average molecular weight is 380 g/mol. The molecule has 1 aromatic carbocycles. The van der Waals surface area contributed by atoms with Gasteiger partial charge in [0.15, 0.2) is 0 Å². The van der Waals surface area contributed by atoms with Crippen molar-refractivity contribution in [1.82, 2.24) is 9.97 Å². The lowest BCUT2D eigenvalue weighted by molar-refractivity contribution is -0.142. The van der Waals surface area contributed by atoms with Gasteiger partial charge in [-0.25, -0.2) is 9.97 Å². The molecular formula is C18H19F3N4O2. The van der Waals surface area contributed by atoms with E-state index in [1.54, 1.807) is 13.0 Å². The van der Waals surface area contributed by atoms with E-state index in [2.05, 4.69) is 15.3 Å². The summed E-state index contributed by atoms with van der Waals surface area (Å²) in [6.07, 6.45) is -3.48. The number of aliphatic carboxylic acids is 1. The number of aryl methyl sites for hydroxylation is 1. The van der Waals surface area contributed by atoms with Gasteiger partial charge < -0.3 is 15.3 Å². The molecule has 1 aliphatic rings. The second-order valence-corrected chi connectivity index (χ2v) is 6.43. The van der Waals surface area contributed by atoms with Crippen molar-refractivity contribution in [2.45, 2.75) is 25.9 Å². The minimum atomic E-state index is -4.48. The summed E-state index contributed by atoms with van der Waals surface area (Å²) in [7, 11) is 0. The molecule has 27 heavy (non-hydrogen) atoms. The second-order valence-electron chi connectivity index (χ2n) is 6.43. The van der Waals surface area contributed by atoms with E-state index in [4.69, 9.17) is 5.11 Å². The standard InChI is InChI=1S/C18H19F3N4O2/c1-11-22-15(24-14-5-3-2-4-13(14)18(19,20)21)10-16(23-11)25-8-6-12(7-9-25)17(26)27/h2-5,10,12H,6-9H2,1H3,(H,26,27)(H,22,23,24). The first-order chi connectivity index (χ1) is 12.7. The number of nitrogens with zero attached hydrogens (tertiary/aromatic N) is 3. The molecule has 1 fully saturated rings. The highest BCUT2D eigenvalue weighted by molar-refractivity contribution is 5.70. The third-order valence-corrected chi connectivity index (χ3v) is 4.49. The van der Waals surface area contributed by atoms with Crippen LogP contribution in [0.4, 0.5) is 30.5 Å². The molecule has 9 heteroatoms. The van der Waals surface area contributed by atoms with E-state index in [1.165, 1.54) is 18.2 Å². The molecule has 6 nitrogen and oxygen atoms in total. The van der Waals surface area contributed by atoms with Crippen LogP contribution >= 0.6 is 0 Å². The highest BCUT2D eigenvalue weighted by Gasteiger charge is 2.33. The molecule has 0 amide bonds. The van der Waals surface area contributed by atoms with Crippen molar-refractivity contribution in [3.63, 3.8) is 0 Å². The van der Waals surface area contributed by atoms with Gasteiger partial charge in [-0.05, 0) is 31.9 Å². The summed E-state index contributed by atoms with van der Waals surface area (Å²) < 4.78 is 39.5. The Kier molecular flexibility index (Phi) is 5.20. The highest BCUT2D eigenvalue weighted by Crippen LogP contribution is 2.36. The Morgan fingerprint density at radius 2 is 1.89 bits per heavy atom. The fraction of sp³-hybridized carbons (Fsp3) is 0.389. The number of carboxylic acids is 1. The third kappa shape index (κ3) is 4.47. The van der Waals surface area contributed by atoms with Crippen LogP contribution in [0.2, 0.25) is 0 Å². The Bertz CT molecular complexity index is 834. The summed E-state index contributed by atoms with van der Waals surface area (Å²) in [6.45, 7) is 2.70. The number of halogens is 3. The number of aromatic nitrogens is 2. The molecule has 0 saturated carbocycles. The first-order valence-corrected chi connectivity index (χ1v) is 8.51. The van der Waals surface area contributed by atoms with E-state index >= 15 is 0 Å². The maximum atomic E-state index is 13.2. The van der Waals surface area contributed by atoms with E-state index in [1.807, 2.05) is 4.90 Å². The molecule has 3 rings (SSSR count). The van der Waals surface area contributed by atoms with Gasteiger partial charge in [0.1, 0.15) is 17.5 Å². The quantitative estimate of drug-likeness (QED) is 0.839. The minimum Gasteiger partial charge on any atom is -0.481 e. The summed E-state index contributed by atoms with van der Waals surface area (Å²) in [6, 6.07) is 6.79. The molecule has 1 aromatic heterocycles. The smallest absolute Gasteiger partial charge is 0.418 e. The molecule has 0 radical (unpaired) electrons.